The Hall–Kier alpha value is -3.02. The van der Waals surface area contributed by atoms with Crippen molar-refractivity contribution in [1.29, 1.82) is 0 Å². The molecule has 0 unspecified atom stereocenters. The van der Waals surface area contributed by atoms with Gasteiger partial charge in [-0.05, 0) is 100 Å². The smallest absolute Gasteiger partial charge is 0.167 e. The second kappa shape index (κ2) is 12.0. The number of likely N-dealkylation sites (tertiary alicyclic amines) is 1. The van der Waals surface area contributed by atoms with Gasteiger partial charge in [0.15, 0.2) is 5.78 Å². The number of nitrogens with zero attached hydrogens (tertiary/aromatic N) is 2. The lowest BCUT2D eigenvalue weighted by atomic mass is 9.67. The van der Waals surface area contributed by atoms with Crippen molar-refractivity contribution in [3.63, 3.8) is 0 Å². The summed E-state index contributed by atoms with van der Waals surface area (Å²) in [6.45, 7) is 7.24. The van der Waals surface area contributed by atoms with Crippen LogP contribution in [0.3, 0.4) is 0 Å². The summed E-state index contributed by atoms with van der Waals surface area (Å²) in [7, 11) is 4.17. The van der Waals surface area contributed by atoms with Gasteiger partial charge in [0.05, 0.1) is 0 Å². The van der Waals surface area contributed by atoms with Crippen LogP contribution < -0.4 is 0 Å². The first-order chi connectivity index (χ1) is 17.8. The summed E-state index contributed by atoms with van der Waals surface area (Å²) in [5.74, 6) is -0.752. The van der Waals surface area contributed by atoms with Crippen molar-refractivity contribution in [2.45, 2.75) is 38.5 Å². The van der Waals surface area contributed by atoms with Crippen molar-refractivity contribution >= 4 is 5.78 Å². The van der Waals surface area contributed by atoms with Crippen LogP contribution in [0, 0.1) is 31.6 Å². The minimum Gasteiger partial charge on any atom is -0.508 e. The Morgan fingerprint density at radius 3 is 2.59 bits per heavy atom. The topological polar surface area (TPSA) is 43.8 Å². The summed E-state index contributed by atoms with van der Waals surface area (Å²) in [6, 6.07) is 21.1. The average Bonchev–Trinajstić information content (AvgIpc) is 2.88. The molecule has 1 aliphatic rings. The maximum Gasteiger partial charge on any atom is 0.167 e. The number of hydrogen-bond acceptors (Lipinski definition) is 4. The third-order valence-corrected chi connectivity index (χ3v) is 7.77. The van der Waals surface area contributed by atoms with Gasteiger partial charge in [0.1, 0.15) is 11.6 Å². The maximum atomic E-state index is 14.9. The van der Waals surface area contributed by atoms with Crippen LogP contribution in [0.2, 0.25) is 0 Å². The molecule has 195 valence electrons. The number of rotatable bonds is 9. The van der Waals surface area contributed by atoms with Gasteiger partial charge in [0, 0.05) is 36.4 Å². The summed E-state index contributed by atoms with van der Waals surface area (Å²) < 4.78 is 14.9. The van der Waals surface area contributed by atoms with Crippen LogP contribution >= 0.6 is 0 Å². The average molecular weight is 502 g/mol. The Morgan fingerprint density at radius 2 is 1.86 bits per heavy atom. The Labute approximate surface area is 220 Å². The molecule has 0 spiro atoms. The zero-order valence-electron chi connectivity index (χ0n) is 22.4. The second-order valence-electron chi connectivity index (χ2n) is 10.7. The summed E-state index contributed by atoms with van der Waals surface area (Å²) in [5, 5.41) is 10.1. The fourth-order valence-corrected chi connectivity index (χ4v) is 5.83. The van der Waals surface area contributed by atoms with Crippen molar-refractivity contribution in [1.82, 2.24) is 9.80 Å². The zero-order chi connectivity index (χ0) is 26.5. The van der Waals surface area contributed by atoms with E-state index in [1.165, 1.54) is 6.07 Å². The molecule has 1 fully saturated rings. The van der Waals surface area contributed by atoms with E-state index in [2.05, 4.69) is 43.0 Å². The van der Waals surface area contributed by atoms with Gasteiger partial charge in [0.2, 0.25) is 0 Å². The van der Waals surface area contributed by atoms with Crippen molar-refractivity contribution in [3.8, 4) is 5.75 Å². The van der Waals surface area contributed by atoms with E-state index in [1.54, 1.807) is 30.3 Å². The lowest BCUT2D eigenvalue weighted by Crippen LogP contribution is -2.47. The summed E-state index contributed by atoms with van der Waals surface area (Å²) in [4.78, 5) is 18.7. The maximum absolute atomic E-state index is 14.9. The van der Waals surface area contributed by atoms with Gasteiger partial charge in [-0.1, -0.05) is 42.5 Å². The van der Waals surface area contributed by atoms with Crippen molar-refractivity contribution in [2.24, 2.45) is 5.92 Å². The van der Waals surface area contributed by atoms with Crippen LogP contribution in [-0.2, 0) is 0 Å². The number of benzene rings is 3. The Balaban J connectivity index is 1.79. The third kappa shape index (κ3) is 6.28. The van der Waals surface area contributed by atoms with E-state index in [0.29, 0.717) is 17.7 Å². The monoisotopic (exact) mass is 501 g/mol. The predicted octanol–water partition coefficient (Wildman–Crippen LogP) is 5.97. The van der Waals surface area contributed by atoms with Crippen LogP contribution in [0.5, 0.6) is 5.75 Å². The summed E-state index contributed by atoms with van der Waals surface area (Å²) in [5.41, 5.74) is 4.29. The van der Waals surface area contributed by atoms with E-state index < -0.39 is 0 Å². The van der Waals surface area contributed by atoms with Crippen LogP contribution in [0.15, 0.2) is 60.7 Å². The number of carbonyl (C=O) groups excluding carboxylic acids is 1. The lowest BCUT2D eigenvalue weighted by Gasteiger charge is -2.45. The second-order valence-corrected chi connectivity index (χ2v) is 10.7. The molecule has 4 rings (SSSR count). The van der Waals surface area contributed by atoms with Gasteiger partial charge in [-0.25, -0.2) is 4.39 Å². The zero-order valence-corrected chi connectivity index (χ0v) is 22.4. The first-order valence-electron chi connectivity index (χ1n) is 13.2. The molecule has 0 aromatic heterocycles. The molecular weight excluding hydrogens is 463 g/mol. The number of carbonyl (C=O) groups is 1. The van der Waals surface area contributed by atoms with Crippen molar-refractivity contribution in [3.05, 3.63) is 100 Å². The Bertz CT molecular complexity index is 1220. The molecule has 37 heavy (non-hydrogen) atoms. The standard InChI is InChI=1S/C32H38FN2O2/c1-22-11-5-6-14-26(22)28-20-35(18-8-7-17-34(3)4)21-29(32(37)24-12-9-13-25(36)19-24)31(28)27-15-10-16-30(33)23(27)2/h5,9-16,19,28-29,31,36H,7-8,17-18,20-21H2,1-4H3/t28-,29+,31-/m1/s1. The fourth-order valence-electron chi connectivity index (χ4n) is 5.83. The van der Waals surface area contributed by atoms with Gasteiger partial charge < -0.3 is 14.9 Å². The Kier molecular flexibility index (Phi) is 8.78. The Morgan fingerprint density at radius 1 is 1.08 bits per heavy atom. The first-order valence-corrected chi connectivity index (χ1v) is 13.2. The molecule has 0 amide bonds. The molecular formula is C32H38FN2O2. The number of piperidine rings is 1. The largest absolute Gasteiger partial charge is 0.508 e. The first kappa shape index (κ1) is 27.0. The van der Waals surface area contributed by atoms with Gasteiger partial charge in [-0.2, -0.15) is 0 Å². The van der Waals surface area contributed by atoms with Crippen molar-refractivity contribution < 1.29 is 14.3 Å². The molecule has 1 heterocycles. The number of ketones is 1. The molecule has 0 saturated carbocycles. The molecule has 0 bridgehead atoms. The molecule has 0 aliphatic carbocycles. The van der Waals surface area contributed by atoms with E-state index in [1.807, 2.05) is 25.1 Å². The highest BCUT2D eigenvalue weighted by Crippen LogP contribution is 2.46. The van der Waals surface area contributed by atoms with Crippen molar-refractivity contribution in [2.75, 3.05) is 40.3 Å². The molecule has 4 nitrogen and oxygen atoms in total. The SMILES string of the molecule is Cc1cc[c]cc1[C@H]1CN(CCCCN(C)C)C[C@H](C(=O)c2cccc(O)c2)[C@@H]1c1cccc(F)c1C. The molecule has 3 atom stereocenters. The number of phenols is 1. The molecule has 1 N–H and O–H groups in total. The summed E-state index contributed by atoms with van der Waals surface area (Å²) >= 11 is 0. The fraction of sp³-hybridized carbons (Fsp3) is 0.406. The normalized spacial score (nSPS) is 20.3. The van der Waals surface area contributed by atoms with E-state index in [0.717, 1.165) is 49.2 Å². The van der Waals surface area contributed by atoms with Gasteiger partial charge >= 0.3 is 0 Å². The summed E-state index contributed by atoms with van der Waals surface area (Å²) in [6.07, 6.45) is 2.13. The third-order valence-electron chi connectivity index (χ3n) is 7.77. The molecule has 3 aromatic rings. The number of aromatic hydroxyl groups is 1. The van der Waals surface area contributed by atoms with E-state index in [4.69, 9.17) is 0 Å². The van der Waals surface area contributed by atoms with E-state index in [-0.39, 0.29) is 35.1 Å². The van der Waals surface area contributed by atoms with Gasteiger partial charge in [0.25, 0.3) is 0 Å². The van der Waals surface area contributed by atoms with Gasteiger partial charge in [-0.3, -0.25) is 4.79 Å². The van der Waals surface area contributed by atoms with Crippen LogP contribution in [-0.4, -0.2) is 61.0 Å². The highest BCUT2D eigenvalue weighted by Gasteiger charge is 2.43. The van der Waals surface area contributed by atoms with Crippen LogP contribution in [0.1, 0.15) is 57.3 Å². The predicted molar refractivity (Wildman–Crippen MR) is 147 cm³/mol. The number of halogens is 1. The minimum atomic E-state index is -0.380. The number of aryl methyl sites for hydroxylation is 1. The molecule has 1 saturated heterocycles. The number of Topliss-reactive ketones (excluding diaryl/α,β-unsaturated/α-hetero) is 1. The quantitative estimate of drug-likeness (QED) is 0.290. The molecule has 1 radical (unpaired) electrons. The highest BCUT2D eigenvalue weighted by atomic mass is 19.1. The lowest BCUT2D eigenvalue weighted by molar-refractivity contribution is 0.0734. The molecule has 5 heteroatoms. The van der Waals surface area contributed by atoms with Gasteiger partial charge in [-0.15, -0.1) is 0 Å². The van der Waals surface area contributed by atoms with Crippen LogP contribution in [0.25, 0.3) is 0 Å². The molecule has 3 aromatic carbocycles. The minimum absolute atomic E-state index is 0.00630. The number of hydrogen-bond donors (Lipinski definition) is 1. The number of phenolic OH excluding ortho intramolecular Hbond substituents is 1. The van der Waals surface area contributed by atoms with Crippen LogP contribution in [0.4, 0.5) is 4.39 Å². The van der Waals surface area contributed by atoms with E-state index >= 15 is 0 Å². The number of unbranched alkanes of at least 4 members (excludes halogenated alkanes) is 1. The van der Waals surface area contributed by atoms with E-state index in [9.17, 15) is 14.3 Å². The highest BCUT2D eigenvalue weighted by molar-refractivity contribution is 5.99. The molecule has 1 aliphatic heterocycles.